The lowest BCUT2D eigenvalue weighted by atomic mass is 10.1. The molecule has 33 heavy (non-hydrogen) atoms. The molecule has 0 spiro atoms. The molecule has 3 heterocycles. The molecule has 0 bridgehead atoms. The number of carbonyl (C=O) groups excluding carboxylic acids is 3. The lowest BCUT2D eigenvalue weighted by molar-refractivity contribution is -0.124. The number of aromatic nitrogens is 2. The van der Waals surface area contributed by atoms with E-state index in [2.05, 4.69) is 24.3 Å². The molecule has 1 saturated heterocycles. The molecule has 0 saturated carbocycles. The zero-order chi connectivity index (χ0) is 23.4. The number of fused-ring (bicyclic) bond motifs is 1. The number of amides is 3. The molecule has 2 aliphatic heterocycles. The third-order valence-electron chi connectivity index (χ3n) is 6.36. The number of carbonyl (C=O) groups is 3. The minimum Gasteiger partial charge on any atom is -0.354 e. The Balaban J connectivity index is 1.46. The fraction of sp³-hybridized carbons (Fsp3) is 0.520. The van der Waals surface area contributed by atoms with Crippen LogP contribution in [0.25, 0.3) is 0 Å². The Hall–Kier alpha value is -3.16. The van der Waals surface area contributed by atoms with E-state index in [1.165, 1.54) is 0 Å². The molecule has 8 heteroatoms. The Bertz CT molecular complexity index is 1000. The first kappa shape index (κ1) is 23.0. The second-order valence-corrected chi connectivity index (χ2v) is 9.33. The maximum Gasteiger partial charge on any atom is 0.275 e. The molecule has 176 valence electrons. The number of rotatable bonds is 7. The summed E-state index contributed by atoms with van der Waals surface area (Å²) in [5.74, 6) is 0.00531. The van der Waals surface area contributed by atoms with Gasteiger partial charge >= 0.3 is 0 Å². The van der Waals surface area contributed by atoms with Gasteiger partial charge in [-0.3, -0.25) is 19.1 Å². The maximum atomic E-state index is 13.3. The number of aryl methyl sites for hydroxylation is 1. The van der Waals surface area contributed by atoms with Gasteiger partial charge in [-0.25, -0.2) is 0 Å². The Kier molecular flexibility index (Phi) is 7.11. The van der Waals surface area contributed by atoms with Gasteiger partial charge in [-0.1, -0.05) is 44.2 Å². The normalized spacial score (nSPS) is 18.4. The first-order valence-electron chi connectivity index (χ1n) is 11.9. The summed E-state index contributed by atoms with van der Waals surface area (Å²) in [7, 11) is 0. The number of hydrogen-bond donors (Lipinski definition) is 1. The topological polar surface area (TPSA) is 87.5 Å². The summed E-state index contributed by atoms with van der Waals surface area (Å²) < 4.78 is 1.65. The summed E-state index contributed by atoms with van der Waals surface area (Å²) in [5.41, 5.74) is 1.74. The van der Waals surface area contributed by atoms with Crippen molar-refractivity contribution < 1.29 is 14.4 Å². The van der Waals surface area contributed by atoms with Crippen LogP contribution in [0.3, 0.4) is 0 Å². The maximum absolute atomic E-state index is 13.3. The molecular formula is C25H33N5O3. The lowest BCUT2D eigenvalue weighted by Crippen LogP contribution is -2.46. The highest BCUT2D eigenvalue weighted by molar-refractivity contribution is 6.00. The Morgan fingerprint density at radius 3 is 2.67 bits per heavy atom. The van der Waals surface area contributed by atoms with Crippen LogP contribution in [0.1, 0.15) is 66.1 Å². The summed E-state index contributed by atoms with van der Waals surface area (Å²) in [6, 6.07) is 11.0. The third kappa shape index (κ3) is 5.26. The van der Waals surface area contributed by atoms with Crippen LogP contribution in [0.15, 0.2) is 36.4 Å². The fourth-order valence-corrected chi connectivity index (χ4v) is 4.52. The largest absolute Gasteiger partial charge is 0.354 e. The van der Waals surface area contributed by atoms with Crippen LogP contribution in [0.4, 0.5) is 0 Å². The van der Waals surface area contributed by atoms with Crippen LogP contribution in [-0.4, -0.2) is 63.0 Å². The fourth-order valence-electron chi connectivity index (χ4n) is 4.52. The van der Waals surface area contributed by atoms with Gasteiger partial charge in [-0.05, 0) is 37.2 Å². The van der Waals surface area contributed by atoms with E-state index in [4.69, 9.17) is 0 Å². The minimum absolute atomic E-state index is 0.104. The van der Waals surface area contributed by atoms with Crippen LogP contribution in [0.5, 0.6) is 0 Å². The summed E-state index contributed by atoms with van der Waals surface area (Å²) >= 11 is 0. The van der Waals surface area contributed by atoms with Gasteiger partial charge in [0.25, 0.3) is 11.8 Å². The van der Waals surface area contributed by atoms with Crippen molar-refractivity contribution in [2.75, 3.05) is 19.6 Å². The molecule has 1 aromatic carbocycles. The molecule has 1 aromatic heterocycles. The van der Waals surface area contributed by atoms with Crippen molar-refractivity contribution in [3.05, 3.63) is 53.3 Å². The predicted octanol–water partition coefficient (Wildman–Crippen LogP) is 2.70. The van der Waals surface area contributed by atoms with E-state index < -0.39 is 6.04 Å². The van der Waals surface area contributed by atoms with Crippen molar-refractivity contribution >= 4 is 17.7 Å². The average Bonchev–Trinajstić information content (AvgIpc) is 3.43. The van der Waals surface area contributed by atoms with Crippen LogP contribution in [0.2, 0.25) is 0 Å². The van der Waals surface area contributed by atoms with Crippen LogP contribution in [-0.2, 0) is 17.9 Å². The van der Waals surface area contributed by atoms with Crippen molar-refractivity contribution in [3.63, 3.8) is 0 Å². The molecule has 2 aromatic rings. The highest BCUT2D eigenvalue weighted by Gasteiger charge is 2.36. The van der Waals surface area contributed by atoms with Crippen molar-refractivity contribution in [3.8, 4) is 0 Å². The van der Waals surface area contributed by atoms with Gasteiger partial charge in [0.05, 0.1) is 0 Å². The van der Waals surface area contributed by atoms with E-state index in [0.29, 0.717) is 50.8 Å². The Morgan fingerprint density at radius 1 is 1.12 bits per heavy atom. The second kappa shape index (κ2) is 10.2. The van der Waals surface area contributed by atoms with E-state index in [1.54, 1.807) is 15.6 Å². The summed E-state index contributed by atoms with van der Waals surface area (Å²) in [6.45, 7) is 7.12. The Morgan fingerprint density at radius 2 is 1.91 bits per heavy atom. The van der Waals surface area contributed by atoms with Gasteiger partial charge < -0.3 is 15.1 Å². The Labute approximate surface area is 194 Å². The van der Waals surface area contributed by atoms with Gasteiger partial charge in [-0.2, -0.15) is 5.10 Å². The molecule has 8 nitrogen and oxygen atoms in total. The molecule has 1 N–H and O–H groups in total. The highest BCUT2D eigenvalue weighted by Crippen LogP contribution is 2.22. The number of hydrogen-bond acceptors (Lipinski definition) is 4. The molecule has 3 amide bonds. The van der Waals surface area contributed by atoms with E-state index >= 15 is 0 Å². The molecular weight excluding hydrogens is 418 g/mol. The highest BCUT2D eigenvalue weighted by atomic mass is 16.2. The molecule has 0 radical (unpaired) electrons. The van der Waals surface area contributed by atoms with Gasteiger partial charge in [0, 0.05) is 38.8 Å². The molecule has 1 unspecified atom stereocenters. The lowest BCUT2D eigenvalue weighted by Gasteiger charge is -2.23. The minimum atomic E-state index is -0.476. The van der Waals surface area contributed by atoms with Crippen LogP contribution in [0, 0.1) is 5.92 Å². The third-order valence-corrected chi connectivity index (χ3v) is 6.36. The predicted molar refractivity (Wildman–Crippen MR) is 125 cm³/mol. The van der Waals surface area contributed by atoms with E-state index in [-0.39, 0.29) is 23.4 Å². The van der Waals surface area contributed by atoms with Crippen molar-refractivity contribution in [2.45, 2.75) is 58.7 Å². The summed E-state index contributed by atoms with van der Waals surface area (Å²) in [6.07, 6.45) is 3.11. The smallest absolute Gasteiger partial charge is 0.275 e. The molecule has 4 rings (SSSR count). The molecule has 0 aliphatic carbocycles. The van der Waals surface area contributed by atoms with E-state index in [0.717, 1.165) is 24.8 Å². The van der Waals surface area contributed by atoms with Gasteiger partial charge in [0.2, 0.25) is 5.91 Å². The van der Waals surface area contributed by atoms with Gasteiger partial charge in [-0.15, -0.1) is 0 Å². The van der Waals surface area contributed by atoms with Crippen molar-refractivity contribution in [1.29, 1.82) is 0 Å². The number of nitrogens with one attached hydrogen (secondary N) is 1. The first-order chi connectivity index (χ1) is 15.9. The van der Waals surface area contributed by atoms with E-state index in [9.17, 15) is 14.4 Å². The number of nitrogens with zero attached hydrogens (tertiary/aromatic N) is 4. The monoisotopic (exact) mass is 451 g/mol. The quantitative estimate of drug-likeness (QED) is 0.701. The molecule has 1 fully saturated rings. The average molecular weight is 452 g/mol. The van der Waals surface area contributed by atoms with Crippen LogP contribution >= 0.6 is 0 Å². The summed E-state index contributed by atoms with van der Waals surface area (Å²) in [5, 5.41) is 7.44. The first-order valence-corrected chi connectivity index (χ1v) is 11.9. The van der Waals surface area contributed by atoms with Crippen molar-refractivity contribution in [2.24, 2.45) is 5.92 Å². The number of likely N-dealkylation sites (tertiary alicyclic amines) is 1. The number of benzene rings is 1. The van der Waals surface area contributed by atoms with Gasteiger partial charge in [0.15, 0.2) is 5.69 Å². The molecule has 1 atom stereocenters. The zero-order valence-electron chi connectivity index (χ0n) is 19.5. The van der Waals surface area contributed by atoms with Gasteiger partial charge in [0.1, 0.15) is 11.7 Å². The molecule has 2 aliphatic rings. The van der Waals surface area contributed by atoms with Crippen LogP contribution < -0.4 is 5.32 Å². The zero-order valence-corrected chi connectivity index (χ0v) is 19.5. The standard InChI is InChI=1S/C25H33N5O3/c1-18(2)11-12-26-23(31)21-10-6-14-29(21)24(32)20-16-22-25(33)28(13-7-15-30(22)27-20)17-19-8-4-3-5-9-19/h3-5,8-9,16,18,21H,6-7,10-15,17H2,1-2H3,(H,26,31). The summed E-state index contributed by atoms with van der Waals surface area (Å²) in [4.78, 5) is 42.6. The second-order valence-electron chi connectivity index (χ2n) is 9.33. The van der Waals surface area contributed by atoms with E-state index in [1.807, 2.05) is 35.2 Å². The van der Waals surface area contributed by atoms with Crippen molar-refractivity contribution in [1.82, 2.24) is 24.9 Å². The SMILES string of the molecule is CC(C)CCNC(=O)C1CCCN1C(=O)c1cc2n(n1)CCCN(Cc1ccccc1)C2=O.